The highest BCUT2D eigenvalue weighted by molar-refractivity contribution is 7.89. The van der Waals surface area contributed by atoms with Crippen LogP contribution in [0.5, 0.6) is 0 Å². The van der Waals surface area contributed by atoms with Gasteiger partial charge < -0.3 is 10.1 Å². The summed E-state index contributed by atoms with van der Waals surface area (Å²) in [4.78, 5) is 23.2. The van der Waals surface area contributed by atoms with Crippen molar-refractivity contribution in [3.63, 3.8) is 0 Å². The Labute approximate surface area is 141 Å². The minimum absolute atomic E-state index is 0.0528. The summed E-state index contributed by atoms with van der Waals surface area (Å²) in [6.07, 6.45) is 1.83. The van der Waals surface area contributed by atoms with Gasteiger partial charge in [0, 0.05) is 25.2 Å². The number of amides is 1. The molecule has 1 amide bonds. The van der Waals surface area contributed by atoms with Gasteiger partial charge in [-0.05, 0) is 43.0 Å². The molecule has 1 fully saturated rings. The minimum atomic E-state index is -3.60. The molecule has 1 aromatic rings. The van der Waals surface area contributed by atoms with Gasteiger partial charge >= 0.3 is 5.97 Å². The number of piperidine rings is 1. The van der Waals surface area contributed by atoms with Crippen LogP contribution in [-0.4, -0.2) is 44.8 Å². The Bertz CT molecular complexity index is 767. The molecular formula is C16H20N2O5S. The zero-order valence-electron chi connectivity index (χ0n) is 13.4. The second-order valence-electron chi connectivity index (χ2n) is 6.07. The smallest absolute Gasteiger partial charge is 0.308 e. The Morgan fingerprint density at radius 1 is 1.25 bits per heavy atom. The third-order valence-corrected chi connectivity index (χ3v) is 6.49. The van der Waals surface area contributed by atoms with E-state index in [1.807, 2.05) is 0 Å². The number of rotatable bonds is 3. The molecule has 0 unspecified atom stereocenters. The summed E-state index contributed by atoms with van der Waals surface area (Å²) < 4.78 is 31.7. The number of fused-ring (bicyclic) bond motifs is 1. The number of hydrogen-bond donors (Lipinski definition) is 1. The van der Waals surface area contributed by atoms with Crippen LogP contribution < -0.4 is 5.32 Å². The zero-order chi connectivity index (χ0) is 17.3. The molecule has 0 aliphatic carbocycles. The average Bonchev–Trinajstić information content (AvgIpc) is 2.60. The number of hydrogen-bond acceptors (Lipinski definition) is 5. The van der Waals surface area contributed by atoms with Gasteiger partial charge in [0.05, 0.1) is 17.9 Å². The Morgan fingerprint density at radius 2 is 1.96 bits per heavy atom. The van der Waals surface area contributed by atoms with E-state index in [1.54, 1.807) is 12.1 Å². The van der Waals surface area contributed by atoms with E-state index in [1.165, 1.54) is 17.5 Å². The molecule has 0 saturated carbocycles. The molecule has 1 saturated heterocycles. The van der Waals surface area contributed by atoms with Crippen LogP contribution in [0.4, 0.5) is 5.69 Å². The fraction of sp³-hybridized carbons (Fsp3) is 0.500. The molecule has 0 atom stereocenters. The summed E-state index contributed by atoms with van der Waals surface area (Å²) in [5, 5.41) is 2.74. The molecule has 2 aliphatic rings. The van der Waals surface area contributed by atoms with Crippen molar-refractivity contribution >= 4 is 27.6 Å². The Hall–Kier alpha value is -1.93. The van der Waals surface area contributed by atoms with Crippen molar-refractivity contribution in [3.8, 4) is 0 Å². The maximum Gasteiger partial charge on any atom is 0.308 e. The summed E-state index contributed by atoms with van der Waals surface area (Å²) in [5.41, 5.74) is 1.51. The summed E-state index contributed by atoms with van der Waals surface area (Å²) in [7, 11) is -2.25. The lowest BCUT2D eigenvalue weighted by atomic mass is 9.99. The first-order valence-corrected chi connectivity index (χ1v) is 9.36. The highest BCUT2D eigenvalue weighted by atomic mass is 32.2. The predicted octanol–water partition coefficient (Wildman–Crippen LogP) is 1.14. The van der Waals surface area contributed by atoms with Crippen molar-refractivity contribution in [2.75, 3.05) is 25.5 Å². The minimum Gasteiger partial charge on any atom is -0.469 e. The van der Waals surface area contributed by atoms with Gasteiger partial charge in [-0.1, -0.05) is 0 Å². The molecule has 3 rings (SSSR count). The van der Waals surface area contributed by atoms with Crippen LogP contribution in [0.2, 0.25) is 0 Å². The lowest BCUT2D eigenvalue weighted by Crippen LogP contribution is -2.40. The van der Waals surface area contributed by atoms with Crippen LogP contribution in [0.3, 0.4) is 0 Å². The third-order valence-electron chi connectivity index (χ3n) is 4.60. The number of carbonyl (C=O) groups excluding carboxylic acids is 2. The summed E-state index contributed by atoms with van der Waals surface area (Å²) in [5.74, 6) is -0.570. The number of aryl methyl sites for hydroxylation is 1. The van der Waals surface area contributed by atoms with Gasteiger partial charge in [-0.3, -0.25) is 9.59 Å². The van der Waals surface area contributed by atoms with E-state index in [0.29, 0.717) is 44.5 Å². The lowest BCUT2D eigenvalue weighted by molar-refractivity contribution is -0.146. The number of nitrogens with one attached hydrogen (secondary N) is 1. The molecule has 0 radical (unpaired) electrons. The second-order valence-corrected chi connectivity index (χ2v) is 8.01. The van der Waals surface area contributed by atoms with E-state index >= 15 is 0 Å². The van der Waals surface area contributed by atoms with Crippen molar-refractivity contribution < 1.29 is 22.7 Å². The second kappa shape index (κ2) is 6.52. The van der Waals surface area contributed by atoms with Crippen LogP contribution in [0, 0.1) is 5.92 Å². The molecule has 2 heterocycles. The molecule has 1 N–H and O–H groups in total. The first-order chi connectivity index (χ1) is 11.4. The maximum atomic E-state index is 12.8. The van der Waals surface area contributed by atoms with Crippen molar-refractivity contribution in [1.82, 2.24) is 4.31 Å². The van der Waals surface area contributed by atoms with Crippen molar-refractivity contribution in [1.29, 1.82) is 0 Å². The number of sulfonamides is 1. The van der Waals surface area contributed by atoms with E-state index < -0.39 is 10.0 Å². The van der Waals surface area contributed by atoms with Gasteiger partial charge in [0.2, 0.25) is 15.9 Å². The standard InChI is InChI=1S/C16H20N2O5S/c1-23-16(20)11-6-8-18(9-7-11)24(21,22)13-3-4-14-12(10-13)2-5-15(19)17-14/h3-4,10-11H,2,5-9H2,1H3,(H,17,19). The Kier molecular flexibility index (Phi) is 4.60. The third kappa shape index (κ3) is 3.16. The number of nitrogens with zero attached hydrogens (tertiary/aromatic N) is 1. The first-order valence-electron chi connectivity index (χ1n) is 7.92. The van der Waals surface area contributed by atoms with E-state index in [-0.39, 0.29) is 22.7 Å². The topological polar surface area (TPSA) is 92.8 Å². The summed E-state index contributed by atoms with van der Waals surface area (Å²) in [6.45, 7) is 0.603. The number of benzene rings is 1. The number of esters is 1. The SMILES string of the molecule is COC(=O)C1CCN(S(=O)(=O)c2ccc3c(c2)CCC(=O)N3)CC1. The van der Waals surface area contributed by atoms with Gasteiger partial charge in [-0.25, -0.2) is 8.42 Å². The van der Waals surface area contributed by atoms with Gasteiger partial charge in [0.25, 0.3) is 0 Å². The van der Waals surface area contributed by atoms with Crippen molar-refractivity contribution in [3.05, 3.63) is 23.8 Å². The zero-order valence-corrected chi connectivity index (χ0v) is 14.3. The van der Waals surface area contributed by atoms with E-state index in [2.05, 4.69) is 5.32 Å². The van der Waals surface area contributed by atoms with Crippen LogP contribution in [0.25, 0.3) is 0 Å². The number of methoxy groups -OCH3 is 1. The average molecular weight is 352 g/mol. The van der Waals surface area contributed by atoms with Crippen LogP contribution in [0.15, 0.2) is 23.1 Å². The quantitative estimate of drug-likeness (QED) is 0.824. The highest BCUT2D eigenvalue weighted by Crippen LogP contribution is 2.29. The van der Waals surface area contributed by atoms with Crippen LogP contribution in [0.1, 0.15) is 24.8 Å². The maximum absolute atomic E-state index is 12.8. The molecule has 1 aromatic carbocycles. The molecule has 2 aliphatic heterocycles. The van der Waals surface area contributed by atoms with E-state index in [4.69, 9.17) is 4.74 Å². The van der Waals surface area contributed by atoms with Gasteiger partial charge in [0.1, 0.15) is 0 Å². The lowest BCUT2D eigenvalue weighted by Gasteiger charge is -2.30. The summed E-state index contributed by atoms with van der Waals surface area (Å²) in [6, 6.07) is 4.79. The molecule has 24 heavy (non-hydrogen) atoms. The molecule has 0 aromatic heterocycles. The normalized spacial score (nSPS) is 19.5. The number of anilines is 1. The molecule has 8 heteroatoms. The van der Waals surface area contributed by atoms with Gasteiger partial charge in [0.15, 0.2) is 0 Å². The molecule has 7 nitrogen and oxygen atoms in total. The van der Waals surface area contributed by atoms with E-state index in [9.17, 15) is 18.0 Å². The largest absolute Gasteiger partial charge is 0.469 e. The fourth-order valence-corrected chi connectivity index (χ4v) is 4.69. The highest BCUT2D eigenvalue weighted by Gasteiger charge is 2.33. The Morgan fingerprint density at radius 3 is 2.62 bits per heavy atom. The van der Waals surface area contributed by atoms with Gasteiger partial charge in [-0.2, -0.15) is 4.31 Å². The Balaban J connectivity index is 1.77. The fourth-order valence-electron chi connectivity index (χ4n) is 3.17. The van der Waals surface area contributed by atoms with Gasteiger partial charge in [-0.15, -0.1) is 0 Å². The predicted molar refractivity (Wildman–Crippen MR) is 86.9 cm³/mol. The first kappa shape index (κ1) is 16.9. The van der Waals surface area contributed by atoms with Crippen molar-refractivity contribution in [2.45, 2.75) is 30.6 Å². The molecular weight excluding hydrogens is 332 g/mol. The molecule has 0 spiro atoms. The van der Waals surface area contributed by atoms with E-state index in [0.717, 1.165) is 5.56 Å². The van der Waals surface area contributed by atoms with Crippen LogP contribution >= 0.6 is 0 Å². The monoisotopic (exact) mass is 352 g/mol. The summed E-state index contributed by atoms with van der Waals surface area (Å²) >= 11 is 0. The number of ether oxygens (including phenoxy) is 1. The van der Waals surface area contributed by atoms with Crippen LogP contribution in [-0.2, 0) is 30.8 Å². The van der Waals surface area contributed by atoms with Crippen molar-refractivity contribution in [2.24, 2.45) is 5.92 Å². The molecule has 130 valence electrons. The number of carbonyl (C=O) groups is 2. The molecule has 0 bridgehead atoms.